The Morgan fingerprint density at radius 2 is 1.26 bits per heavy atom. The van der Waals surface area contributed by atoms with E-state index in [0.29, 0.717) is 6.10 Å². The molecule has 1 unspecified atom stereocenters. The van der Waals surface area contributed by atoms with E-state index in [-0.39, 0.29) is 17.8 Å². The minimum atomic E-state index is -1.83. The molecule has 224 valence electrons. The first-order valence-corrected chi connectivity index (χ1v) is 18.7. The van der Waals surface area contributed by atoms with Gasteiger partial charge in [-0.3, -0.25) is 9.80 Å². The zero-order chi connectivity index (χ0) is 29.8. The summed E-state index contributed by atoms with van der Waals surface area (Å²) in [6.45, 7) is 14.7. The van der Waals surface area contributed by atoms with Gasteiger partial charge >= 0.3 is 0 Å². The molecule has 2 saturated heterocycles. The molecular weight excluding hydrogens is 533 g/mol. The highest BCUT2D eigenvalue weighted by Gasteiger charge is 2.49. The number of aliphatic hydroxyl groups is 1. The molecule has 1 N–H and O–H groups in total. The molecule has 2 fully saturated rings. The van der Waals surface area contributed by atoms with Crippen molar-refractivity contribution in [2.45, 2.75) is 82.4 Å². The van der Waals surface area contributed by atoms with Crippen molar-refractivity contribution in [1.82, 2.24) is 9.80 Å². The van der Waals surface area contributed by atoms with Crippen LogP contribution in [0.3, 0.4) is 0 Å². The van der Waals surface area contributed by atoms with Crippen molar-refractivity contribution in [3.05, 3.63) is 119 Å². The zero-order valence-corrected chi connectivity index (χ0v) is 27.3. The second-order valence-electron chi connectivity index (χ2n) is 13.6. The van der Waals surface area contributed by atoms with Gasteiger partial charge in [0.15, 0.2) is 8.32 Å². The summed E-state index contributed by atoms with van der Waals surface area (Å²) < 4.78 is 6.90. The van der Waals surface area contributed by atoms with Crippen LogP contribution < -0.4 is 0 Å². The van der Waals surface area contributed by atoms with Gasteiger partial charge in [-0.25, -0.2) is 0 Å². The standard InChI is InChI=1S/C37H50N2O2Si/c1-36(2,3)42(4,5)41-34-23-27-38(28-24-34)35-30(25-29-40)16-15-26-39(35)37(31-17-9-6-10-18-31,32-19-11-7-12-20-32)33-21-13-8-14-22-33/h6-14,17-22,25,34-35,40H,15-16,23-24,26-29H2,1-5H3/b30-25+. The summed E-state index contributed by atoms with van der Waals surface area (Å²) in [7, 11) is -1.83. The van der Waals surface area contributed by atoms with Crippen LogP contribution in [0, 0.1) is 0 Å². The van der Waals surface area contributed by atoms with Crippen molar-refractivity contribution < 1.29 is 9.53 Å². The lowest BCUT2D eigenvalue weighted by Crippen LogP contribution is -2.62. The molecule has 2 aliphatic heterocycles. The zero-order valence-electron chi connectivity index (χ0n) is 26.3. The van der Waals surface area contributed by atoms with E-state index >= 15 is 0 Å². The maximum atomic E-state index is 10.2. The van der Waals surface area contributed by atoms with E-state index in [9.17, 15) is 5.11 Å². The van der Waals surface area contributed by atoms with Crippen LogP contribution in [-0.2, 0) is 9.96 Å². The molecule has 3 aromatic rings. The molecular formula is C37H50N2O2Si. The molecule has 0 bridgehead atoms. The Morgan fingerprint density at radius 1 is 0.786 bits per heavy atom. The minimum Gasteiger partial charge on any atom is -0.414 e. The van der Waals surface area contributed by atoms with Gasteiger partial charge in [-0.1, -0.05) is 118 Å². The fourth-order valence-electron chi connectivity index (χ4n) is 6.88. The van der Waals surface area contributed by atoms with E-state index in [4.69, 9.17) is 4.43 Å². The molecule has 5 rings (SSSR count). The van der Waals surface area contributed by atoms with Crippen molar-refractivity contribution in [2.24, 2.45) is 0 Å². The smallest absolute Gasteiger partial charge is 0.192 e. The first kappa shape index (κ1) is 30.9. The van der Waals surface area contributed by atoms with Gasteiger partial charge in [0.05, 0.1) is 18.3 Å². The average molecular weight is 583 g/mol. The van der Waals surface area contributed by atoms with Crippen LogP contribution in [-0.4, -0.2) is 61.7 Å². The normalized spacial score (nSPS) is 21.1. The Morgan fingerprint density at radius 3 is 1.69 bits per heavy atom. The third-order valence-corrected chi connectivity index (χ3v) is 14.5. The maximum absolute atomic E-state index is 10.2. The monoisotopic (exact) mass is 582 g/mol. The summed E-state index contributed by atoms with van der Waals surface area (Å²) in [5.74, 6) is 0. The highest BCUT2D eigenvalue weighted by Crippen LogP contribution is 2.47. The largest absolute Gasteiger partial charge is 0.414 e. The molecule has 5 heteroatoms. The van der Waals surface area contributed by atoms with Crippen molar-refractivity contribution >= 4 is 8.32 Å². The van der Waals surface area contributed by atoms with Crippen LogP contribution in [0.5, 0.6) is 0 Å². The third-order valence-electron chi connectivity index (χ3n) is 9.94. The fraction of sp³-hybridized carbons (Fsp3) is 0.459. The first-order chi connectivity index (χ1) is 20.2. The third kappa shape index (κ3) is 6.08. The van der Waals surface area contributed by atoms with Crippen molar-refractivity contribution in [1.29, 1.82) is 0 Å². The van der Waals surface area contributed by atoms with Gasteiger partial charge in [-0.2, -0.15) is 0 Å². The van der Waals surface area contributed by atoms with Crippen molar-refractivity contribution in [3.63, 3.8) is 0 Å². The molecule has 4 nitrogen and oxygen atoms in total. The lowest BCUT2D eigenvalue weighted by atomic mass is 9.73. The first-order valence-electron chi connectivity index (χ1n) is 15.8. The van der Waals surface area contributed by atoms with E-state index in [1.54, 1.807) is 0 Å². The second kappa shape index (κ2) is 13.0. The molecule has 0 aromatic heterocycles. The van der Waals surface area contributed by atoms with Crippen LogP contribution >= 0.6 is 0 Å². The number of likely N-dealkylation sites (tertiary alicyclic amines) is 2. The Hall–Kier alpha value is -2.54. The number of aliphatic hydroxyl groups excluding tert-OH is 1. The summed E-state index contributed by atoms with van der Waals surface area (Å²) in [6.07, 6.45) is 6.63. The Bertz CT molecular complexity index is 1200. The van der Waals surface area contributed by atoms with Crippen LogP contribution in [0.4, 0.5) is 0 Å². The lowest BCUT2D eigenvalue weighted by molar-refractivity contribution is -0.0288. The summed E-state index contributed by atoms with van der Waals surface area (Å²) in [4.78, 5) is 5.42. The van der Waals surface area contributed by atoms with E-state index in [0.717, 1.165) is 45.3 Å². The van der Waals surface area contributed by atoms with Gasteiger partial charge in [0.2, 0.25) is 0 Å². The molecule has 3 aromatic carbocycles. The van der Waals surface area contributed by atoms with Gasteiger partial charge in [0.25, 0.3) is 0 Å². The SMILES string of the molecule is CC(C)(C)[Si](C)(C)OC1CCN(C2/C(=C/CO)CCCN2C(c2ccccc2)(c2ccccc2)c2ccccc2)CC1. The highest BCUT2D eigenvalue weighted by molar-refractivity contribution is 6.74. The summed E-state index contributed by atoms with van der Waals surface area (Å²) in [5, 5.41) is 10.4. The number of benzene rings is 3. The lowest BCUT2D eigenvalue weighted by Gasteiger charge is -2.55. The summed E-state index contributed by atoms with van der Waals surface area (Å²) in [6, 6.07) is 33.1. The van der Waals surface area contributed by atoms with Gasteiger partial charge in [-0.05, 0) is 66.1 Å². The average Bonchev–Trinajstić information content (AvgIpc) is 2.99. The van der Waals surface area contributed by atoms with Gasteiger partial charge in [0, 0.05) is 25.7 Å². The van der Waals surface area contributed by atoms with Crippen LogP contribution in [0.15, 0.2) is 103 Å². The predicted octanol–water partition coefficient (Wildman–Crippen LogP) is 7.81. The predicted molar refractivity (Wildman–Crippen MR) is 177 cm³/mol. The molecule has 2 aliphatic rings. The number of hydrogen-bond acceptors (Lipinski definition) is 4. The topological polar surface area (TPSA) is 35.9 Å². The van der Waals surface area contributed by atoms with Crippen molar-refractivity contribution in [3.8, 4) is 0 Å². The molecule has 0 saturated carbocycles. The molecule has 0 aliphatic carbocycles. The Labute approximate surface area is 255 Å². The number of nitrogens with zero attached hydrogens (tertiary/aromatic N) is 2. The van der Waals surface area contributed by atoms with Gasteiger partial charge in [-0.15, -0.1) is 0 Å². The number of rotatable bonds is 8. The molecule has 0 spiro atoms. The van der Waals surface area contributed by atoms with Crippen LogP contribution in [0.2, 0.25) is 18.1 Å². The Kier molecular flexibility index (Phi) is 9.55. The van der Waals surface area contributed by atoms with Crippen molar-refractivity contribution in [2.75, 3.05) is 26.2 Å². The molecule has 0 radical (unpaired) electrons. The van der Waals surface area contributed by atoms with Crippen LogP contribution in [0.1, 0.15) is 63.1 Å². The molecule has 1 atom stereocenters. The highest BCUT2D eigenvalue weighted by atomic mass is 28.4. The summed E-state index contributed by atoms with van der Waals surface area (Å²) >= 11 is 0. The quantitative estimate of drug-likeness (QED) is 0.167. The number of hydrogen-bond donors (Lipinski definition) is 1. The van der Waals surface area contributed by atoms with Gasteiger partial charge in [0.1, 0.15) is 0 Å². The molecule has 42 heavy (non-hydrogen) atoms. The molecule has 2 heterocycles. The van der Waals surface area contributed by atoms with E-state index in [1.807, 2.05) is 0 Å². The van der Waals surface area contributed by atoms with E-state index < -0.39 is 13.9 Å². The minimum absolute atomic E-state index is 0.0691. The van der Waals surface area contributed by atoms with E-state index in [2.05, 4.69) is 141 Å². The van der Waals surface area contributed by atoms with E-state index in [1.165, 1.54) is 22.3 Å². The number of piperidine rings is 2. The Balaban J connectivity index is 1.60. The molecule has 0 amide bonds. The summed E-state index contributed by atoms with van der Waals surface area (Å²) in [5.41, 5.74) is 4.66. The fourth-order valence-corrected chi connectivity index (χ4v) is 8.30. The second-order valence-corrected chi connectivity index (χ2v) is 18.3. The van der Waals surface area contributed by atoms with Gasteiger partial charge < -0.3 is 9.53 Å². The maximum Gasteiger partial charge on any atom is 0.192 e. The van der Waals surface area contributed by atoms with Crippen LogP contribution in [0.25, 0.3) is 0 Å².